The van der Waals surface area contributed by atoms with Gasteiger partial charge in [-0.3, -0.25) is 0 Å². The number of benzene rings is 2. The average molecular weight is 392 g/mol. The molecule has 0 aliphatic carbocycles. The van der Waals surface area contributed by atoms with E-state index in [1.165, 1.54) is 17.3 Å². The van der Waals surface area contributed by atoms with Gasteiger partial charge in [-0.2, -0.15) is 0 Å². The zero-order valence-corrected chi connectivity index (χ0v) is 16.4. The average Bonchev–Trinajstić information content (AvgIpc) is 3.33. The van der Waals surface area contributed by atoms with Gasteiger partial charge in [0, 0.05) is 17.4 Å². The first-order valence-corrected chi connectivity index (χ1v) is 10.3. The molecule has 0 fully saturated rings. The van der Waals surface area contributed by atoms with Gasteiger partial charge in [0.05, 0.1) is 29.6 Å². The van der Waals surface area contributed by atoms with Gasteiger partial charge in [-0.1, -0.05) is 36.4 Å². The van der Waals surface area contributed by atoms with Gasteiger partial charge in [-0.15, -0.1) is 0 Å². The molecule has 0 spiro atoms. The van der Waals surface area contributed by atoms with Crippen molar-refractivity contribution in [3.05, 3.63) is 90.8 Å². The Kier molecular flexibility index (Phi) is 4.57. The van der Waals surface area contributed by atoms with Gasteiger partial charge in [-0.25, -0.2) is 12.4 Å². The predicted molar refractivity (Wildman–Crippen MR) is 110 cm³/mol. The van der Waals surface area contributed by atoms with Gasteiger partial charge in [0.15, 0.2) is 0 Å². The van der Waals surface area contributed by atoms with Crippen molar-refractivity contribution in [3.63, 3.8) is 0 Å². The van der Waals surface area contributed by atoms with Crippen molar-refractivity contribution in [2.45, 2.75) is 11.8 Å². The molecule has 4 aromatic rings. The lowest BCUT2D eigenvalue weighted by Gasteiger charge is -2.14. The largest absolute Gasteiger partial charge is 0.495 e. The highest BCUT2D eigenvalue weighted by atomic mass is 32.2. The Morgan fingerprint density at radius 3 is 2.11 bits per heavy atom. The molecule has 6 heteroatoms. The summed E-state index contributed by atoms with van der Waals surface area (Å²) in [7, 11) is -2.25. The maximum absolute atomic E-state index is 13.3. The minimum Gasteiger partial charge on any atom is -0.495 e. The fourth-order valence-electron chi connectivity index (χ4n) is 3.28. The molecule has 2 aromatic carbocycles. The van der Waals surface area contributed by atoms with Gasteiger partial charge in [0.1, 0.15) is 5.75 Å². The van der Waals surface area contributed by atoms with Crippen LogP contribution in [0, 0.1) is 6.92 Å². The molecule has 5 nitrogen and oxygen atoms in total. The molecule has 0 saturated heterocycles. The molecule has 0 atom stereocenters. The van der Waals surface area contributed by atoms with Crippen LogP contribution in [0.1, 0.15) is 5.69 Å². The quantitative estimate of drug-likeness (QED) is 0.502. The Balaban J connectivity index is 1.96. The first kappa shape index (κ1) is 18.1. The van der Waals surface area contributed by atoms with Crippen LogP contribution in [0.15, 0.2) is 90.0 Å². The van der Waals surface area contributed by atoms with Gasteiger partial charge < -0.3 is 9.30 Å². The van der Waals surface area contributed by atoms with Gasteiger partial charge in [0.2, 0.25) is 0 Å². The molecule has 0 amide bonds. The number of nitrogens with zero attached hydrogens (tertiary/aromatic N) is 2. The van der Waals surface area contributed by atoms with E-state index in [0.29, 0.717) is 11.4 Å². The van der Waals surface area contributed by atoms with E-state index in [2.05, 4.69) is 0 Å². The highest BCUT2D eigenvalue weighted by Gasteiger charge is 2.24. The number of para-hydroxylation sites is 1. The lowest BCUT2D eigenvalue weighted by Crippen LogP contribution is -2.14. The third kappa shape index (κ3) is 3.01. The van der Waals surface area contributed by atoms with Crippen LogP contribution in [-0.2, 0) is 10.0 Å². The maximum atomic E-state index is 13.3. The van der Waals surface area contributed by atoms with Crippen molar-refractivity contribution in [1.82, 2.24) is 8.54 Å². The topological polar surface area (TPSA) is 53.2 Å². The monoisotopic (exact) mass is 392 g/mol. The van der Waals surface area contributed by atoms with Crippen LogP contribution in [0.25, 0.3) is 17.1 Å². The molecular weight excluding hydrogens is 372 g/mol. The van der Waals surface area contributed by atoms with Crippen LogP contribution in [0.5, 0.6) is 5.75 Å². The summed E-state index contributed by atoms with van der Waals surface area (Å²) in [6.07, 6.45) is 1.51. The third-order valence-corrected chi connectivity index (χ3v) is 6.34. The molecule has 2 heterocycles. The van der Waals surface area contributed by atoms with E-state index in [1.54, 1.807) is 36.4 Å². The fraction of sp³-hybridized carbons (Fsp3) is 0.0909. The molecule has 0 radical (unpaired) electrons. The molecule has 28 heavy (non-hydrogen) atoms. The van der Waals surface area contributed by atoms with Crippen molar-refractivity contribution in [3.8, 4) is 22.8 Å². The second-order valence-electron chi connectivity index (χ2n) is 6.41. The summed E-state index contributed by atoms with van der Waals surface area (Å²) in [5.41, 5.74) is 3.28. The van der Waals surface area contributed by atoms with E-state index in [9.17, 15) is 8.42 Å². The number of hydrogen-bond acceptors (Lipinski definition) is 3. The standard InChI is InChI=1S/C22H20N2O3S/c1-17-13-14-21(24(17)18-9-5-3-6-10-18)22-15-19(27-2)16-23(22)28(25,26)20-11-7-4-8-12-20/h3-16H,1-2H3. The second-order valence-corrected chi connectivity index (χ2v) is 8.22. The Hall–Kier alpha value is -3.25. The van der Waals surface area contributed by atoms with Crippen molar-refractivity contribution >= 4 is 10.0 Å². The Bertz CT molecular complexity index is 1210. The zero-order chi connectivity index (χ0) is 19.7. The second kappa shape index (κ2) is 7.05. The van der Waals surface area contributed by atoms with Crippen LogP contribution in [-0.4, -0.2) is 24.1 Å². The van der Waals surface area contributed by atoms with E-state index < -0.39 is 10.0 Å². The molecule has 0 aliphatic rings. The van der Waals surface area contributed by atoms with Gasteiger partial charge in [0.25, 0.3) is 10.0 Å². The SMILES string of the molecule is COc1cc(-c2ccc(C)n2-c2ccccc2)n(S(=O)(=O)c2ccccc2)c1. The van der Waals surface area contributed by atoms with Crippen molar-refractivity contribution < 1.29 is 13.2 Å². The molecule has 4 rings (SSSR count). The molecule has 0 saturated carbocycles. The number of rotatable bonds is 5. The number of hydrogen-bond donors (Lipinski definition) is 0. The molecule has 142 valence electrons. The number of aryl methyl sites for hydroxylation is 1. The van der Waals surface area contributed by atoms with E-state index in [4.69, 9.17) is 4.74 Å². The van der Waals surface area contributed by atoms with Crippen molar-refractivity contribution in [2.24, 2.45) is 0 Å². The lowest BCUT2D eigenvalue weighted by atomic mass is 10.2. The first-order chi connectivity index (χ1) is 13.5. The summed E-state index contributed by atoms with van der Waals surface area (Å²) in [6, 6.07) is 23.9. The number of aromatic nitrogens is 2. The molecule has 0 aliphatic heterocycles. The predicted octanol–water partition coefficient (Wildman–Crippen LogP) is 4.50. The number of ether oxygens (including phenoxy) is 1. The summed E-state index contributed by atoms with van der Waals surface area (Å²) < 4.78 is 35.3. The zero-order valence-electron chi connectivity index (χ0n) is 15.6. The molecule has 0 N–H and O–H groups in total. The summed E-state index contributed by atoms with van der Waals surface area (Å²) in [4.78, 5) is 0.226. The Labute approximate surface area is 164 Å². The molecule has 0 unspecified atom stereocenters. The van der Waals surface area contributed by atoms with Crippen LogP contribution >= 0.6 is 0 Å². The van der Waals surface area contributed by atoms with Crippen LogP contribution < -0.4 is 4.74 Å². The van der Waals surface area contributed by atoms with Gasteiger partial charge >= 0.3 is 0 Å². The van der Waals surface area contributed by atoms with Crippen molar-refractivity contribution in [2.75, 3.05) is 7.11 Å². The minimum atomic E-state index is -3.77. The normalized spacial score (nSPS) is 11.5. The highest BCUT2D eigenvalue weighted by Crippen LogP contribution is 2.33. The van der Waals surface area contributed by atoms with Crippen molar-refractivity contribution in [1.29, 1.82) is 0 Å². The third-order valence-electron chi connectivity index (χ3n) is 4.65. The number of methoxy groups -OCH3 is 1. The summed E-state index contributed by atoms with van der Waals surface area (Å²) in [5.74, 6) is 0.480. The Morgan fingerprint density at radius 2 is 1.46 bits per heavy atom. The first-order valence-electron chi connectivity index (χ1n) is 8.83. The van der Waals surface area contributed by atoms with E-state index in [-0.39, 0.29) is 4.90 Å². The summed E-state index contributed by atoms with van der Waals surface area (Å²) in [6.45, 7) is 1.99. The van der Waals surface area contributed by atoms with Crippen LogP contribution in [0.3, 0.4) is 0 Å². The highest BCUT2D eigenvalue weighted by molar-refractivity contribution is 7.90. The maximum Gasteiger partial charge on any atom is 0.268 e. The summed E-state index contributed by atoms with van der Waals surface area (Å²) in [5, 5.41) is 0. The Morgan fingerprint density at radius 1 is 0.821 bits per heavy atom. The van der Waals surface area contributed by atoms with Crippen LogP contribution in [0.2, 0.25) is 0 Å². The fourth-order valence-corrected chi connectivity index (χ4v) is 4.66. The minimum absolute atomic E-state index is 0.226. The van der Waals surface area contributed by atoms with E-state index in [1.807, 2.05) is 54.0 Å². The lowest BCUT2D eigenvalue weighted by molar-refractivity contribution is 0.415. The smallest absolute Gasteiger partial charge is 0.268 e. The van der Waals surface area contributed by atoms with E-state index >= 15 is 0 Å². The molecular formula is C22H20N2O3S. The van der Waals surface area contributed by atoms with Gasteiger partial charge in [-0.05, 0) is 43.3 Å². The summed E-state index contributed by atoms with van der Waals surface area (Å²) >= 11 is 0. The van der Waals surface area contributed by atoms with E-state index in [0.717, 1.165) is 17.1 Å². The molecule has 2 aromatic heterocycles. The van der Waals surface area contributed by atoms with Crippen LogP contribution in [0.4, 0.5) is 0 Å². The molecule has 0 bridgehead atoms.